The summed E-state index contributed by atoms with van der Waals surface area (Å²) >= 11 is 1.12. The van der Waals surface area contributed by atoms with Crippen LogP contribution in [0.3, 0.4) is 0 Å². The molecule has 0 aromatic carbocycles. The van der Waals surface area contributed by atoms with Crippen molar-refractivity contribution < 1.29 is 23.6 Å². The van der Waals surface area contributed by atoms with Crippen LogP contribution in [0.4, 0.5) is 5.82 Å². The van der Waals surface area contributed by atoms with Crippen molar-refractivity contribution in [1.29, 1.82) is 0 Å². The number of aromatic nitrogens is 1. The average molecular weight is 383 g/mol. The number of nitrogens with zero attached hydrogens (tertiary/aromatic N) is 2. The van der Waals surface area contributed by atoms with Crippen molar-refractivity contribution in [1.82, 2.24) is 10.1 Å². The number of ether oxygens (including phenoxy) is 1. The van der Waals surface area contributed by atoms with E-state index in [2.05, 4.69) is 10.5 Å². The summed E-state index contributed by atoms with van der Waals surface area (Å²) in [6, 6.07) is 1.60. The van der Waals surface area contributed by atoms with E-state index in [0.717, 1.165) is 50.5 Å². The lowest BCUT2D eigenvalue weighted by molar-refractivity contribution is -0.157. The third-order valence-corrected chi connectivity index (χ3v) is 4.83. The molecule has 0 spiro atoms. The smallest absolute Gasteiger partial charge is 0.316 e. The van der Waals surface area contributed by atoms with Crippen LogP contribution in [0.2, 0.25) is 0 Å². The summed E-state index contributed by atoms with van der Waals surface area (Å²) in [5.74, 6) is 0.0788. The Morgan fingerprint density at radius 3 is 2.58 bits per heavy atom. The first kappa shape index (κ1) is 20.3. The van der Waals surface area contributed by atoms with Crippen molar-refractivity contribution in [2.24, 2.45) is 0 Å². The second-order valence-electron chi connectivity index (χ2n) is 6.24. The van der Waals surface area contributed by atoms with E-state index in [1.165, 1.54) is 0 Å². The first-order valence-corrected chi connectivity index (χ1v) is 9.90. The molecule has 8 nitrogen and oxygen atoms in total. The molecule has 0 radical (unpaired) electrons. The number of carbonyl (C=O) groups excluding carboxylic acids is 3. The first-order valence-electron chi connectivity index (χ1n) is 8.75. The van der Waals surface area contributed by atoms with Gasteiger partial charge in [0.25, 0.3) is 5.91 Å². The fraction of sp³-hybridized carbons (Fsp3) is 0.647. The standard InChI is InChI=1S/C17H25N3O5S/c1-12-9-14(19-25-12)18-15(21)10-26-11-16(22)24-13(2)17(23)20-7-5-3-4-6-8-20/h9,13H,3-8,10-11H2,1-2H3,(H,18,19,21)/t13-/m0/s1. The fourth-order valence-electron chi connectivity index (χ4n) is 2.66. The highest BCUT2D eigenvalue weighted by molar-refractivity contribution is 8.00. The Bertz CT molecular complexity index is 626. The number of hydrogen-bond donors (Lipinski definition) is 1. The molecule has 0 aliphatic carbocycles. The lowest BCUT2D eigenvalue weighted by Crippen LogP contribution is -2.40. The minimum absolute atomic E-state index is 0.00286. The lowest BCUT2D eigenvalue weighted by atomic mass is 10.2. The molecule has 9 heteroatoms. The fourth-order valence-corrected chi connectivity index (χ4v) is 3.26. The van der Waals surface area contributed by atoms with E-state index in [0.29, 0.717) is 11.6 Å². The van der Waals surface area contributed by atoms with E-state index in [1.807, 2.05) is 0 Å². The van der Waals surface area contributed by atoms with Crippen LogP contribution in [0.25, 0.3) is 0 Å². The number of rotatable bonds is 7. The Balaban J connectivity index is 1.65. The summed E-state index contributed by atoms with van der Waals surface area (Å²) < 4.78 is 10.1. The average Bonchev–Trinajstić information content (AvgIpc) is 2.84. The minimum Gasteiger partial charge on any atom is -0.452 e. The van der Waals surface area contributed by atoms with Crippen LogP contribution in [0.5, 0.6) is 0 Å². The van der Waals surface area contributed by atoms with Gasteiger partial charge in [-0.2, -0.15) is 0 Å². The Morgan fingerprint density at radius 1 is 1.27 bits per heavy atom. The molecule has 0 unspecified atom stereocenters. The summed E-state index contributed by atoms with van der Waals surface area (Å²) in [6.45, 7) is 4.76. The molecule has 1 aliphatic rings. The van der Waals surface area contributed by atoms with Crippen LogP contribution in [0, 0.1) is 6.92 Å². The predicted molar refractivity (Wildman–Crippen MR) is 97.8 cm³/mol. The zero-order chi connectivity index (χ0) is 18.9. The molecule has 26 heavy (non-hydrogen) atoms. The molecular formula is C17H25N3O5S. The number of esters is 1. The molecule has 2 amide bonds. The maximum absolute atomic E-state index is 12.3. The van der Waals surface area contributed by atoms with Crippen LogP contribution >= 0.6 is 11.8 Å². The van der Waals surface area contributed by atoms with Gasteiger partial charge in [-0.3, -0.25) is 14.4 Å². The van der Waals surface area contributed by atoms with Crippen molar-refractivity contribution in [3.05, 3.63) is 11.8 Å². The minimum atomic E-state index is -0.798. The van der Waals surface area contributed by atoms with Gasteiger partial charge in [-0.15, -0.1) is 11.8 Å². The summed E-state index contributed by atoms with van der Waals surface area (Å²) in [6.07, 6.45) is 3.44. The molecule has 1 fully saturated rings. The second-order valence-corrected chi connectivity index (χ2v) is 7.22. The van der Waals surface area contributed by atoms with E-state index in [-0.39, 0.29) is 23.3 Å². The van der Waals surface area contributed by atoms with Crippen LogP contribution < -0.4 is 5.32 Å². The van der Waals surface area contributed by atoms with Gasteiger partial charge in [0.15, 0.2) is 11.9 Å². The Hall–Kier alpha value is -2.03. The second kappa shape index (κ2) is 10.2. The summed E-state index contributed by atoms with van der Waals surface area (Å²) in [7, 11) is 0. The SMILES string of the molecule is Cc1cc(NC(=O)CSCC(=O)O[C@@H](C)C(=O)N2CCCCCC2)no1. The van der Waals surface area contributed by atoms with Crippen LogP contribution in [-0.2, 0) is 19.1 Å². The van der Waals surface area contributed by atoms with Gasteiger partial charge in [0, 0.05) is 19.2 Å². The number of thioether (sulfide) groups is 1. The van der Waals surface area contributed by atoms with Gasteiger partial charge < -0.3 is 19.5 Å². The van der Waals surface area contributed by atoms with Gasteiger partial charge in [0.1, 0.15) is 5.76 Å². The number of carbonyl (C=O) groups is 3. The van der Waals surface area contributed by atoms with Gasteiger partial charge in [-0.1, -0.05) is 18.0 Å². The van der Waals surface area contributed by atoms with Crippen LogP contribution in [-0.4, -0.2) is 58.5 Å². The van der Waals surface area contributed by atoms with Crippen molar-refractivity contribution >= 4 is 35.4 Å². The summed E-state index contributed by atoms with van der Waals surface area (Å²) in [4.78, 5) is 37.7. The van der Waals surface area contributed by atoms with E-state index in [9.17, 15) is 14.4 Å². The maximum atomic E-state index is 12.3. The highest BCUT2D eigenvalue weighted by atomic mass is 32.2. The van der Waals surface area contributed by atoms with E-state index in [4.69, 9.17) is 9.26 Å². The molecule has 1 aromatic heterocycles. The number of likely N-dealkylation sites (tertiary alicyclic amines) is 1. The van der Waals surface area contributed by atoms with E-state index < -0.39 is 12.1 Å². The molecule has 1 saturated heterocycles. The lowest BCUT2D eigenvalue weighted by Gasteiger charge is -2.23. The van der Waals surface area contributed by atoms with Gasteiger partial charge in [0.05, 0.1) is 11.5 Å². The van der Waals surface area contributed by atoms with Crippen LogP contribution in [0.1, 0.15) is 38.4 Å². The molecule has 1 aliphatic heterocycles. The van der Waals surface area contributed by atoms with Gasteiger partial charge in [0.2, 0.25) is 5.91 Å². The largest absolute Gasteiger partial charge is 0.452 e. The molecule has 2 heterocycles. The molecule has 0 saturated carbocycles. The predicted octanol–water partition coefficient (Wildman–Crippen LogP) is 1.99. The third-order valence-electron chi connectivity index (χ3n) is 3.92. The van der Waals surface area contributed by atoms with Gasteiger partial charge >= 0.3 is 5.97 Å². The zero-order valence-corrected chi connectivity index (χ0v) is 16.0. The molecular weight excluding hydrogens is 358 g/mol. The topological polar surface area (TPSA) is 102 Å². The monoisotopic (exact) mass is 383 g/mol. The molecule has 1 atom stereocenters. The number of hydrogen-bond acceptors (Lipinski definition) is 7. The maximum Gasteiger partial charge on any atom is 0.316 e. The van der Waals surface area contributed by atoms with Crippen LogP contribution in [0.15, 0.2) is 10.6 Å². The number of nitrogens with one attached hydrogen (secondary N) is 1. The number of aryl methyl sites for hydroxylation is 1. The third kappa shape index (κ3) is 6.70. The molecule has 2 rings (SSSR count). The van der Waals surface area contributed by atoms with Gasteiger partial charge in [-0.05, 0) is 26.7 Å². The number of anilines is 1. The molecule has 144 valence electrons. The summed E-state index contributed by atoms with van der Waals surface area (Å²) in [5.41, 5.74) is 0. The van der Waals surface area contributed by atoms with E-state index >= 15 is 0 Å². The molecule has 1 N–H and O–H groups in total. The van der Waals surface area contributed by atoms with Gasteiger partial charge in [-0.25, -0.2) is 0 Å². The molecule has 1 aromatic rings. The highest BCUT2D eigenvalue weighted by Crippen LogP contribution is 2.13. The van der Waals surface area contributed by atoms with Crippen molar-refractivity contribution in [2.45, 2.75) is 45.6 Å². The quantitative estimate of drug-likeness (QED) is 0.718. The number of amides is 2. The highest BCUT2D eigenvalue weighted by Gasteiger charge is 2.24. The van der Waals surface area contributed by atoms with Crippen molar-refractivity contribution in [3.63, 3.8) is 0 Å². The summed E-state index contributed by atoms with van der Waals surface area (Å²) in [5, 5.41) is 6.23. The van der Waals surface area contributed by atoms with E-state index in [1.54, 1.807) is 24.8 Å². The molecule has 0 bridgehead atoms. The Morgan fingerprint density at radius 2 is 1.96 bits per heavy atom. The van der Waals surface area contributed by atoms with Crippen molar-refractivity contribution in [2.75, 3.05) is 29.9 Å². The first-order chi connectivity index (χ1) is 12.5. The normalized spacial score (nSPS) is 15.8. The Kier molecular flexibility index (Phi) is 7.96. The van der Waals surface area contributed by atoms with Crippen molar-refractivity contribution in [3.8, 4) is 0 Å². The Labute approximate surface area is 157 Å². The zero-order valence-electron chi connectivity index (χ0n) is 15.2.